The lowest BCUT2D eigenvalue weighted by Crippen LogP contribution is -2.34. The molecule has 2 aromatic rings. The van der Waals surface area contributed by atoms with Crippen molar-refractivity contribution in [2.24, 2.45) is 0 Å². The molecule has 2 nitrogen and oxygen atoms in total. The molecular formula is C20H25NO. The Bertz CT molecular complexity index is 550. The van der Waals surface area contributed by atoms with Gasteiger partial charge in [0.1, 0.15) is 5.78 Å². The maximum Gasteiger partial charge on any atom is 0.131 e. The summed E-state index contributed by atoms with van der Waals surface area (Å²) in [4.78, 5) is 14.2. The Labute approximate surface area is 133 Å². The molecule has 0 heterocycles. The second kappa shape index (κ2) is 7.37. The highest BCUT2D eigenvalue weighted by Gasteiger charge is 2.35. The van der Waals surface area contributed by atoms with Crippen LogP contribution in [0.15, 0.2) is 60.7 Å². The van der Waals surface area contributed by atoms with Crippen LogP contribution in [0.25, 0.3) is 0 Å². The first-order valence-electron chi connectivity index (χ1n) is 7.80. The van der Waals surface area contributed by atoms with Gasteiger partial charge in [-0.3, -0.25) is 4.79 Å². The van der Waals surface area contributed by atoms with Crippen molar-refractivity contribution in [2.75, 3.05) is 20.6 Å². The van der Waals surface area contributed by atoms with E-state index < -0.39 is 0 Å². The third-order valence-electron chi connectivity index (χ3n) is 4.19. The van der Waals surface area contributed by atoms with E-state index >= 15 is 0 Å². The molecule has 0 aromatic heterocycles. The molecule has 0 fully saturated rings. The van der Waals surface area contributed by atoms with Gasteiger partial charge in [-0.15, -0.1) is 0 Å². The average molecular weight is 295 g/mol. The Morgan fingerprint density at radius 3 is 1.73 bits per heavy atom. The van der Waals surface area contributed by atoms with Crippen molar-refractivity contribution in [3.63, 3.8) is 0 Å². The number of rotatable bonds is 7. The summed E-state index contributed by atoms with van der Waals surface area (Å²) < 4.78 is 0. The number of hydrogen-bond donors (Lipinski definition) is 0. The van der Waals surface area contributed by atoms with Gasteiger partial charge in [-0.25, -0.2) is 0 Å². The second-order valence-corrected chi connectivity index (χ2v) is 6.25. The van der Waals surface area contributed by atoms with Crippen LogP contribution in [0.4, 0.5) is 0 Å². The number of nitrogens with zero attached hydrogens (tertiary/aromatic N) is 1. The van der Waals surface area contributed by atoms with Crippen LogP contribution in [0.2, 0.25) is 0 Å². The Kier molecular flexibility index (Phi) is 5.51. The molecule has 0 spiro atoms. The summed E-state index contributed by atoms with van der Waals surface area (Å²) in [6.07, 6.45) is 1.46. The van der Waals surface area contributed by atoms with Gasteiger partial charge in [-0.1, -0.05) is 60.7 Å². The van der Waals surface area contributed by atoms with Crippen LogP contribution in [0, 0.1) is 0 Å². The van der Waals surface area contributed by atoms with Gasteiger partial charge in [0.15, 0.2) is 0 Å². The van der Waals surface area contributed by atoms with Crippen molar-refractivity contribution in [1.82, 2.24) is 4.90 Å². The summed E-state index contributed by atoms with van der Waals surface area (Å²) in [5, 5.41) is 0. The number of ketones is 1. The van der Waals surface area contributed by atoms with E-state index in [0.717, 1.165) is 13.0 Å². The Balaban J connectivity index is 2.55. The molecule has 2 aromatic carbocycles. The van der Waals surface area contributed by atoms with Crippen molar-refractivity contribution in [1.29, 1.82) is 0 Å². The van der Waals surface area contributed by atoms with Gasteiger partial charge in [0.25, 0.3) is 0 Å². The summed E-state index contributed by atoms with van der Waals surface area (Å²) >= 11 is 0. The third-order valence-corrected chi connectivity index (χ3v) is 4.19. The maximum atomic E-state index is 12.0. The molecule has 0 atom stereocenters. The summed E-state index contributed by atoms with van der Waals surface area (Å²) in [5.41, 5.74) is 2.19. The minimum absolute atomic E-state index is 0.228. The van der Waals surface area contributed by atoms with Crippen molar-refractivity contribution in [2.45, 2.75) is 25.2 Å². The Morgan fingerprint density at radius 1 is 0.909 bits per heavy atom. The molecule has 0 aliphatic heterocycles. The number of Topliss-reactive ketones (excluding diaryl/α,β-unsaturated/α-hetero) is 1. The zero-order chi connectivity index (χ0) is 16.0. The van der Waals surface area contributed by atoms with Crippen LogP contribution in [-0.4, -0.2) is 31.3 Å². The molecule has 0 radical (unpaired) electrons. The third kappa shape index (κ3) is 3.83. The van der Waals surface area contributed by atoms with E-state index in [0.29, 0.717) is 6.42 Å². The van der Waals surface area contributed by atoms with Gasteiger partial charge in [-0.2, -0.15) is 0 Å². The smallest absolute Gasteiger partial charge is 0.131 e. The molecule has 0 amide bonds. The first kappa shape index (κ1) is 16.4. The van der Waals surface area contributed by atoms with Crippen LogP contribution in [0.5, 0.6) is 0 Å². The monoisotopic (exact) mass is 295 g/mol. The van der Waals surface area contributed by atoms with Crippen LogP contribution in [0.1, 0.15) is 30.9 Å². The first-order valence-corrected chi connectivity index (χ1v) is 7.80. The molecule has 0 N–H and O–H groups in total. The molecule has 2 heteroatoms. The van der Waals surface area contributed by atoms with Crippen LogP contribution in [-0.2, 0) is 10.2 Å². The lowest BCUT2D eigenvalue weighted by atomic mass is 9.69. The lowest BCUT2D eigenvalue weighted by molar-refractivity contribution is -0.118. The first-order chi connectivity index (χ1) is 10.5. The zero-order valence-corrected chi connectivity index (χ0v) is 13.8. The lowest BCUT2D eigenvalue weighted by Gasteiger charge is -2.35. The quantitative estimate of drug-likeness (QED) is 0.772. The predicted molar refractivity (Wildman–Crippen MR) is 92.1 cm³/mol. The van der Waals surface area contributed by atoms with Crippen molar-refractivity contribution < 1.29 is 4.79 Å². The summed E-state index contributed by atoms with van der Waals surface area (Å²) in [6, 6.07) is 20.9. The predicted octanol–water partition coefficient (Wildman–Crippen LogP) is 3.90. The summed E-state index contributed by atoms with van der Waals surface area (Å²) in [7, 11) is 4.16. The highest BCUT2D eigenvalue weighted by molar-refractivity contribution is 5.78. The summed E-state index contributed by atoms with van der Waals surface area (Å²) in [5.74, 6) is 0.228. The number of carbonyl (C=O) groups excluding carboxylic acids is 1. The molecule has 0 bridgehead atoms. The van der Waals surface area contributed by atoms with E-state index in [1.54, 1.807) is 6.92 Å². The molecule has 0 unspecified atom stereocenters. The number of carbonyl (C=O) groups is 1. The van der Waals surface area contributed by atoms with Gasteiger partial charge in [-0.05, 0) is 45.1 Å². The molecule has 0 saturated heterocycles. The van der Waals surface area contributed by atoms with Crippen LogP contribution < -0.4 is 0 Å². The average Bonchev–Trinajstić information content (AvgIpc) is 2.53. The standard InChI is InChI=1S/C20H25NO/c1-17(22)16-20(14-15-21(2)3,18-10-6-4-7-11-18)19-12-8-5-9-13-19/h4-13H,14-16H2,1-3H3. The van der Waals surface area contributed by atoms with E-state index in [-0.39, 0.29) is 11.2 Å². The Morgan fingerprint density at radius 2 is 1.36 bits per heavy atom. The van der Waals surface area contributed by atoms with Gasteiger partial charge in [0.2, 0.25) is 0 Å². The topological polar surface area (TPSA) is 20.3 Å². The van der Waals surface area contributed by atoms with E-state index in [1.807, 2.05) is 12.1 Å². The molecule has 116 valence electrons. The molecule has 2 rings (SSSR count). The van der Waals surface area contributed by atoms with Crippen molar-refractivity contribution in [3.05, 3.63) is 71.8 Å². The Hall–Kier alpha value is -1.93. The van der Waals surface area contributed by atoms with Gasteiger partial charge >= 0.3 is 0 Å². The molecule has 0 aliphatic rings. The molecular weight excluding hydrogens is 270 g/mol. The molecule has 0 saturated carbocycles. The normalized spacial score (nSPS) is 11.6. The van der Waals surface area contributed by atoms with Gasteiger partial charge in [0, 0.05) is 11.8 Å². The van der Waals surface area contributed by atoms with Gasteiger partial charge < -0.3 is 4.90 Å². The molecule has 22 heavy (non-hydrogen) atoms. The highest BCUT2D eigenvalue weighted by Crippen LogP contribution is 2.39. The van der Waals surface area contributed by atoms with Crippen LogP contribution >= 0.6 is 0 Å². The van der Waals surface area contributed by atoms with Crippen LogP contribution in [0.3, 0.4) is 0 Å². The van der Waals surface area contributed by atoms with E-state index in [2.05, 4.69) is 67.5 Å². The van der Waals surface area contributed by atoms with Crippen molar-refractivity contribution >= 4 is 5.78 Å². The minimum Gasteiger partial charge on any atom is -0.309 e. The zero-order valence-electron chi connectivity index (χ0n) is 13.8. The number of hydrogen-bond acceptors (Lipinski definition) is 2. The largest absolute Gasteiger partial charge is 0.309 e. The summed E-state index contributed by atoms with van der Waals surface area (Å²) in [6.45, 7) is 2.63. The fourth-order valence-corrected chi connectivity index (χ4v) is 3.10. The fourth-order valence-electron chi connectivity index (χ4n) is 3.10. The van der Waals surface area contributed by atoms with E-state index in [9.17, 15) is 4.79 Å². The van der Waals surface area contributed by atoms with E-state index in [4.69, 9.17) is 0 Å². The SMILES string of the molecule is CC(=O)CC(CCN(C)C)(c1ccccc1)c1ccccc1. The van der Waals surface area contributed by atoms with Crippen molar-refractivity contribution in [3.8, 4) is 0 Å². The fraction of sp³-hybridized carbons (Fsp3) is 0.350. The maximum absolute atomic E-state index is 12.0. The van der Waals surface area contributed by atoms with E-state index in [1.165, 1.54) is 11.1 Å². The molecule has 0 aliphatic carbocycles. The number of benzene rings is 2. The minimum atomic E-state index is -0.251. The van der Waals surface area contributed by atoms with Gasteiger partial charge in [0.05, 0.1) is 0 Å². The highest BCUT2D eigenvalue weighted by atomic mass is 16.1. The second-order valence-electron chi connectivity index (χ2n) is 6.25.